The van der Waals surface area contributed by atoms with Gasteiger partial charge in [-0.25, -0.2) is 14.0 Å². The molecule has 1 N–H and O–H groups in total. The lowest BCUT2D eigenvalue weighted by Crippen LogP contribution is -2.42. The van der Waals surface area contributed by atoms with Gasteiger partial charge in [-0.1, -0.05) is 11.6 Å². The molecule has 0 amide bonds. The molecule has 1 aliphatic heterocycles. The quantitative estimate of drug-likeness (QED) is 0.370. The Balaban J connectivity index is 2.24. The van der Waals surface area contributed by atoms with E-state index in [2.05, 4.69) is 21.2 Å². The lowest BCUT2D eigenvalue weighted by atomic mass is 10.2. The minimum atomic E-state index is -1.31. The maximum atomic E-state index is 13.4. The summed E-state index contributed by atoms with van der Waals surface area (Å²) in [5.74, 6) is -3.53. The standard InChI is InChI=1S/C13H10BrClFNO4/c1-13(2)20-11(18)6(12(19)21-13)5-17-10-4-9(16)7(14)3-8(10)15/h3-5,17H,1-2H3. The van der Waals surface area contributed by atoms with Crippen LogP contribution in [0, 0.1) is 5.82 Å². The average molecular weight is 379 g/mol. The molecule has 5 nitrogen and oxygen atoms in total. The number of esters is 2. The fourth-order valence-corrected chi connectivity index (χ4v) is 2.25. The van der Waals surface area contributed by atoms with Gasteiger partial charge in [-0.3, -0.25) is 0 Å². The summed E-state index contributed by atoms with van der Waals surface area (Å²) < 4.78 is 23.5. The number of carbonyl (C=O) groups excluding carboxylic acids is 2. The van der Waals surface area contributed by atoms with Crippen molar-refractivity contribution in [2.24, 2.45) is 0 Å². The van der Waals surface area contributed by atoms with Crippen molar-refractivity contribution in [3.63, 3.8) is 0 Å². The number of halogens is 3. The number of cyclic esters (lactones) is 2. The molecule has 1 aromatic carbocycles. The van der Waals surface area contributed by atoms with Crippen molar-refractivity contribution in [2.45, 2.75) is 19.6 Å². The van der Waals surface area contributed by atoms with Crippen molar-refractivity contribution in [1.29, 1.82) is 0 Å². The highest BCUT2D eigenvalue weighted by Crippen LogP contribution is 2.29. The van der Waals surface area contributed by atoms with Crippen molar-refractivity contribution in [1.82, 2.24) is 0 Å². The number of rotatable bonds is 2. The lowest BCUT2D eigenvalue weighted by molar-refractivity contribution is -0.222. The molecular formula is C13H10BrClFNO4. The topological polar surface area (TPSA) is 64.6 Å². The number of carbonyl (C=O) groups is 2. The second-order valence-electron chi connectivity index (χ2n) is 4.63. The predicted octanol–water partition coefficient (Wildman–Crippen LogP) is 3.37. The third-order valence-electron chi connectivity index (χ3n) is 2.50. The Labute approximate surface area is 133 Å². The minimum absolute atomic E-state index is 0.190. The summed E-state index contributed by atoms with van der Waals surface area (Å²) in [7, 11) is 0. The zero-order valence-corrected chi connectivity index (χ0v) is 13.3. The van der Waals surface area contributed by atoms with E-state index in [0.29, 0.717) is 0 Å². The van der Waals surface area contributed by atoms with Crippen molar-refractivity contribution in [3.8, 4) is 0 Å². The normalized spacial score (nSPS) is 17.1. The Morgan fingerprint density at radius 1 is 1.29 bits per heavy atom. The van der Waals surface area contributed by atoms with Crippen molar-refractivity contribution >= 4 is 45.2 Å². The smallest absolute Gasteiger partial charge is 0.350 e. The molecule has 0 bridgehead atoms. The first kappa shape index (κ1) is 15.8. The van der Waals surface area contributed by atoms with Gasteiger partial charge in [0.2, 0.25) is 0 Å². The first-order valence-corrected chi connectivity index (χ1v) is 6.94. The van der Waals surface area contributed by atoms with E-state index >= 15 is 0 Å². The number of benzene rings is 1. The Bertz CT molecular complexity index is 638. The summed E-state index contributed by atoms with van der Waals surface area (Å²) in [6, 6.07) is 2.46. The molecular weight excluding hydrogens is 369 g/mol. The summed E-state index contributed by atoms with van der Waals surface area (Å²) >= 11 is 8.91. The van der Waals surface area contributed by atoms with Gasteiger partial charge >= 0.3 is 11.9 Å². The van der Waals surface area contributed by atoms with E-state index in [1.165, 1.54) is 19.9 Å². The van der Waals surface area contributed by atoms with Crippen LogP contribution in [0.1, 0.15) is 13.8 Å². The SMILES string of the molecule is CC1(C)OC(=O)C(=CNc2cc(F)c(Br)cc2Cl)C(=O)O1. The minimum Gasteiger partial charge on any atom is -0.419 e. The summed E-state index contributed by atoms with van der Waals surface area (Å²) in [4.78, 5) is 23.4. The van der Waals surface area contributed by atoms with Gasteiger partial charge in [-0.05, 0) is 28.1 Å². The van der Waals surface area contributed by atoms with Crippen LogP contribution in [0.25, 0.3) is 0 Å². The second-order valence-corrected chi connectivity index (χ2v) is 5.89. The first-order valence-electron chi connectivity index (χ1n) is 5.77. The van der Waals surface area contributed by atoms with Crippen LogP contribution < -0.4 is 5.32 Å². The van der Waals surface area contributed by atoms with E-state index in [0.717, 1.165) is 12.3 Å². The Hall–Kier alpha value is -1.60. The molecule has 0 spiro atoms. The molecule has 2 rings (SSSR count). The number of hydrogen-bond acceptors (Lipinski definition) is 5. The fourth-order valence-electron chi connectivity index (χ4n) is 1.56. The predicted molar refractivity (Wildman–Crippen MR) is 77.1 cm³/mol. The van der Waals surface area contributed by atoms with E-state index in [1.807, 2.05) is 0 Å². The van der Waals surface area contributed by atoms with Crippen LogP contribution in [0.5, 0.6) is 0 Å². The Kier molecular flexibility index (Phi) is 4.25. The van der Waals surface area contributed by atoms with E-state index < -0.39 is 23.5 Å². The maximum absolute atomic E-state index is 13.4. The van der Waals surface area contributed by atoms with Crippen molar-refractivity contribution in [2.75, 3.05) is 5.32 Å². The molecule has 1 aromatic rings. The monoisotopic (exact) mass is 377 g/mol. The van der Waals surface area contributed by atoms with Crippen LogP contribution in [0.15, 0.2) is 28.4 Å². The molecule has 1 heterocycles. The summed E-state index contributed by atoms with van der Waals surface area (Å²) in [5, 5.41) is 2.79. The molecule has 8 heteroatoms. The summed E-state index contributed by atoms with van der Waals surface area (Å²) in [6.45, 7) is 2.88. The molecule has 0 unspecified atom stereocenters. The molecule has 21 heavy (non-hydrogen) atoms. The van der Waals surface area contributed by atoms with Gasteiger partial charge in [0.05, 0.1) is 15.2 Å². The van der Waals surface area contributed by atoms with Gasteiger partial charge in [0, 0.05) is 20.0 Å². The van der Waals surface area contributed by atoms with E-state index in [-0.39, 0.29) is 20.8 Å². The molecule has 1 aliphatic rings. The zero-order chi connectivity index (χ0) is 15.8. The van der Waals surface area contributed by atoms with E-state index in [4.69, 9.17) is 21.1 Å². The zero-order valence-electron chi connectivity index (χ0n) is 11.0. The van der Waals surface area contributed by atoms with E-state index in [9.17, 15) is 14.0 Å². The van der Waals surface area contributed by atoms with Gasteiger partial charge in [0.15, 0.2) is 5.57 Å². The molecule has 112 valence electrons. The molecule has 0 saturated carbocycles. The van der Waals surface area contributed by atoms with Crippen molar-refractivity contribution in [3.05, 3.63) is 39.2 Å². The number of hydrogen-bond donors (Lipinski definition) is 1. The van der Waals surface area contributed by atoms with Crippen LogP contribution in [0.4, 0.5) is 10.1 Å². The lowest BCUT2D eigenvalue weighted by Gasteiger charge is -2.29. The fraction of sp³-hybridized carbons (Fsp3) is 0.231. The Morgan fingerprint density at radius 3 is 2.43 bits per heavy atom. The number of anilines is 1. The van der Waals surface area contributed by atoms with E-state index in [1.54, 1.807) is 0 Å². The van der Waals surface area contributed by atoms with Crippen LogP contribution in [0.2, 0.25) is 5.02 Å². The highest BCUT2D eigenvalue weighted by molar-refractivity contribution is 9.10. The third kappa shape index (κ3) is 3.54. The van der Waals surface area contributed by atoms with Crippen LogP contribution in [0.3, 0.4) is 0 Å². The number of ether oxygens (including phenoxy) is 2. The molecule has 0 radical (unpaired) electrons. The van der Waals surface area contributed by atoms with Gasteiger partial charge < -0.3 is 14.8 Å². The highest BCUT2D eigenvalue weighted by atomic mass is 79.9. The molecule has 0 aliphatic carbocycles. The van der Waals surface area contributed by atoms with Gasteiger partial charge in [-0.15, -0.1) is 0 Å². The summed E-state index contributed by atoms with van der Waals surface area (Å²) in [5.41, 5.74) is -0.149. The highest BCUT2D eigenvalue weighted by Gasteiger charge is 2.38. The first-order chi connectivity index (χ1) is 9.69. The van der Waals surface area contributed by atoms with Gasteiger partial charge in [0.1, 0.15) is 5.82 Å². The van der Waals surface area contributed by atoms with Crippen LogP contribution in [-0.2, 0) is 19.1 Å². The maximum Gasteiger partial charge on any atom is 0.350 e. The molecule has 1 saturated heterocycles. The van der Waals surface area contributed by atoms with Crippen molar-refractivity contribution < 1.29 is 23.5 Å². The second kappa shape index (κ2) is 5.65. The molecule has 0 atom stereocenters. The van der Waals surface area contributed by atoms with Gasteiger partial charge in [-0.2, -0.15) is 0 Å². The molecule has 1 fully saturated rings. The Morgan fingerprint density at radius 2 is 1.86 bits per heavy atom. The molecule has 0 aromatic heterocycles. The third-order valence-corrected chi connectivity index (χ3v) is 3.42. The largest absolute Gasteiger partial charge is 0.419 e. The van der Waals surface area contributed by atoms with Crippen LogP contribution in [-0.4, -0.2) is 17.7 Å². The average Bonchev–Trinajstić information content (AvgIpc) is 2.32. The summed E-state index contributed by atoms with van der Waals surface area (Å²) in [6.07, 6.45) is 1.06. The van der Waals surface area contributed by atoms with Crippen LogP contribution >= 0.6 is 27.5 Å². The number of nitrogens with one attached hydrogen (secondary N) is 1. The van der Waals surface area contributed by atoms with Gasteiger partial charge in [0.25, 0.3) is 5.79 Å².